The lowest BCUT2D eigenvalue weighted by Crippen LogP contribution is -2.90. The fourth-order valence-corrected chi connectivity index (χ4v) is 7.42. The summed E-state index contributed by atoms with van der Waals surface area (Å²) in [6.07, 6.45) is 0. The number of hydrogen-bond acceptors (Lipinski definition) is 3. The highest BCUT2D eigenvalue weighted by molar-refractivity contribution is 6.03. The van der Waals surface area contributed by atoms with Crippen molar-refractivity contribution in [1.29, 1.82) is 0 Å². The van der Waals surface area contributed by atoms with Gasteiger partial charge in [0.25, 0.3) is 5.91 Å². The van der Waals surface area contributed by atoms with Crippen molar-refractivity contribution in [1.82, 2.24) is 4.90 Å². The van der Waals surface area contributed by atoms with Crippen LogP contribution in [0.4, 0.5) is 0 Å². The molecule has 0 spiro atoms. The summed E-state index contributed by atoms with van der Waals surface area (Å²) in [4.78, 5) is 30.8. The molecule has 0 bridgehead atoms. The zero-order chi connectivity index (χ0) is 26.9. The number of carbonyl (C=O) groups is 2. The summed E-state index contributed by atoms with van der Waals surface area (Å²) in [6.45, 7) is 19.6. The molecule has 4 rings (SSSR count). The molecule has 0 radical (unpaired) electrons. The van der Waals surface area contributed by atoms with Gasteiger partial charge in [0.1, 0.15) is 5.41 Å². The third-order valence-corrected chi connectivity index (χ3v) is 8.05. The molecule has 2 aromatic carbocycles. The van der Waals surface area contributed by atoms with Crippen LogP contribution in [-0.4, -0.2) is 29.4 Å². The second-order valence-electron chi connectivity index (χ2n) is 13.4. The number of benzene rings is 2. The fraction of sp³-hybridized carbons (Fsp3) is 0.500. The van der Waals surface area contributed by atoms with Gasteiger partial charge >= 0.3 is 5.97 Å². The molecule has 2 aromatic rings. The highest BCUT2D eigenvalue weighted by atomic mass is 16.5. The van der Waals surface area contributed by atoms with Gasteiger partial charge in [-0.1, -0.05) is 111 Å². The van der Waals surface area contributed by atoms with Crippen LogP contribution >= 0.6 is 0 Å². The maximum atomic E-state index is 14.5. The lowest BCUT2D eigenvalue weighted by molar-refractivity contribution is -0.245. The van der Waals surface area contributed by atoms with Crippen LogP contribution in [0.3, 0.4) is 0 Å². The molecule has 1 aliphatic heterocycles. The molecule has 4 heteroatoms. The van der Waals surface area contributed by atoms with E-state index < -0.39 is 22.4 Å². The van der Waals surface area contributed by atoms with Gasteiger partial charge in [-0.05, 0) is 45.1 Å². The number of amides is 1. The first-order valence-corrected chi connectivity index (χ1v) is 12.9. The van der Waals surface area contributed by atoms with Crippen LogP contribution in [0.5, 0.6) is 0 Å². The first kappa shape index (κ1) is 26.2. The Balaban J connectivity index is 2.19. The van der Waals surface area contributed by atoms with Crippen molar-refractivity contribution >= 4 is 11.9 Å². The van der Waals surface area contributed by atoms with Gasteiger partial charge in [0, 0.05) is 5.56 Å². The average molecular weight is 488 g/mol. The number of fused-ring (bicyclic) bond motifs is 1. The molecule has 4 nitrogen and oxygen atoms in total. The van der Waals surface area contributed by atoms with Gasteiger partial charge in [0.2, 0.25) is 0 Å². The Morgan fingerprint density at radius 2 is 1.22 bits per heavy atom. The molecule has 3 unspecified atom stereocenters. The number of methoxy groups -OCH3 is 1. The van der Waals surface area contributed by atoms with E-state index in [1.54, 1.807) is 0 Å². The highest BCUT2D eigenvalue weighted by Gasteiger charge is 2.89. The third-order valence-electron chi connectivity index (χ3n) is 8.05. The monoisotopic (exact) mass is 487 g/mol. The van der Waals surface area contributed by atoms with Gasteiger partial charge in [-0.2, -0.15) is 0 Å². The minimum Gasteiger partial charge on any atom is -0.468 e. The van der Waals surface area contributed by atoms with Crippen LogP contribution in [0.2, 0.25) is 0 Å². The molecular formula is C32H41NO3. The quantitative estimate of drug-likeness (QED) is 0.339. The molecule has 3 atom stereocenters. The Morgan fingerprint density at radius 3 is 1.64 bits per heavy atom. The number of rotatable bonds is 3. The van der Waals surface area contributed by atoms with Gasteiger partial charge in [-0.3, -0.25) is 9.59 Å². The van der Waals surface area contributed by atoms with Crippen molar-refractivity contribution in [3.05, 3.63) is 82.9 Å². The number of likely N-dealkylation sites (tertiary alicyclic amines) is 1. The van der Waals surface area contributed by atoms with Crippen molar-refractivity contribution in [2.45, 2.75) is 73.9 Å². The van der Waals surface area contributed by atoms with E-state index in [-0.39, 0.29) is 22.7 Å². The van der Waals surface area contributed by atoms with Crippen molar-refractivity contribution in [3.63, 3.8) is 0 Å². The van der Waals surface area contributed by atoms with Crippen molar-refractivity contribution in [3.8, 4) is 0 Å². The van der Waals surface area contributed by atoms with Gasteiger partial charge in [0.05, 0.1) is 18.7 Å². The fourth-order valence-electron chi connectivity index (χ4n) is 7.42. The van der Waals surface area contributed by atoms with E-state index in [9.17, 15) is 9.59 Å². The highest BCUT2D eigenvalue weighted by Crippen LogP contribution is 2.83. The number of esters is 1. The number of ether oxygens (including phenoxy) is 1. The summed E-state index contributed by atoms with van der Waals surface area (Å²) >= 11 is 0. The Bertz CT molecular complexity index is 1210. The molecular weight excluding hydrogens is 446 g/mol. The van der Waals surface area contributed by atoms with Crippen LogP contribution in [0.1, 0.15) is 84.3 Å². The van der Waals surface area contributed by atoms with E-state index in [0.29, 0.717) is 5.56 Å². The molecule has 192 valence electrons. The molecule has 1 aliphatic carbocycles. The average Bonchev–Trinajstić information content (AvgIpc) is 2.77. The molecule has 1 amide bonds. The topological polar surface area (TPSA) is 46.6 Å². The molecule has 1 heterocycles. The second kappa shape index (κ2) is 8.06. The van der Waals surface area contributed by atoms with E-state index in [1.807, 2.05) is 65.6 Å². The van der Waals surface area contributed by atoms with Crippen LogP contribution < -0.4 is 0 Å². The van der Waals surface area contributed by atoms with Gasteiger partial charge < -0.3 is 9.64 Å². The van der Waals surface area contributed by atoms with E-state index in [1.165, 1.54) is 12.7 Å². The molecule has 0 aromatic heterocycles. The summed E-state index contributed by atoms with van der Waals surface area (Å²) < 4.78 is 5.66. The molecule has 2 aliphatic rings. The molecule has 0 N–H and O–H groups in total. The zero-order valence-electron chi connectivity index (χ0n) is 23.5. The third kappa shape index (κ3) is 3.12. The summed E-state index contributed by atoms with van der Waals surface area (Å²) in [5.74, 6) is -0.324. The van der Waals surface area contributed by atoms with E-state index in [0.717, 1.165) is 11.1 Å². The predicted octanol–water partition coefficient (Wildman–Crippen LogP) is 7.23. The van der Waals surface area contributed by atoms with Gasteiger partial charge in [0.15, 0.2) is 0 Å². The molecule has 36 heavy (non-hydrogen) atoms. The Kier molecular flexibility index (Phi) is 5.86. The smallest absolute Gasteiger partial charge is 0.321 e. The minimum absolute atomic E-state index is 0.0615. The molecule has 1 fully saturated rings. The first-order chi connectivity index (χ1) is 16.6. The first-order valence-electron chi connectivity index (χ1n) is 12.9. The van der Waals surface area contributed by atoms with E-state index in [2.05, 4.69) is 62.3 Å². The summed E-state index contributed by atoms with van der Waals surface area (Å²) in [6, 6.07) is 18.9. The zero-order valence-corrected chi connectivity index (χ0v) is 23.5. The maximum Gasteiger partial charge on any atom is 0.321 e. The number of nitrogens with zero attached hydrogens (tertiary/aromatic N) is 1. The molecule has 1 saturated heterocycles. The largest absolute Gasteiger partial charge is 0.468 e. The summed E-state index contributed by atoms with van der Waals surface area (Å²) in [5, 5.41) is 0. The van der Waals surface area contributed by atoms with Crippen molar-refractivity contribution in [2.24, 2.45) is 21.7 Å². The van der Waals surface area contributed by atoms with Crippen LogP contribution in [-0.2, 0) is 9.53 Å². The normalized spacial score (nSPS) is 26.1. The van der Waals surface area contributed by atoms with Crippen LogP contribution in [0, 0.1) is 21.7 Å². The molecule has 0 saturated carbocycles. The maximum absolute atomic E-state index is 14.5. The summed E-state index contributed by atoms with van der Waals surface area (Å²) in [5.41, 5.74) is 0.986. The minimum atomic E-state index is -0.993. The number of hydrogen-bond donors (Lipinski definition) is 0. The van der Waals surface area contributed by atoms with Crippen molar-refractivity contribution in [2.75, 3.05) is 7.11 Å². The van der Waals surface area contributed by atoms with Crippen LogP contribution in [0.15, 0.2) is 71.8 Å². The second-order valence-corrected chi connectivity index (χ2v) is 13.4. The van der Waals surface area contributed by atoms with E-state index in [4.69, 9.17) is 4.74 Å². The lowest BCUT2D eigenvalue weighted by atomic mass is 9.29. The van der Waals surface area contributed by atoms with Gasteiger partial charge in [-0.15, -0.1) is 0 Å². The lowest BCUT2D eigenvalue weighted by Gasteiger charge is -2.83. The predicted molar refractivity (Wildman–Crippen MR) is 144 cm³/mol. The Morgan fingerprint density at radius 1 is 0.750 bits per heavy atom. The van der Waals surface area contributed by atoms with Crippen molar-refractivity contribution < 1.29 is 14.3 Å². The number of carbonyl (C=O) groups excluding carboxylic acids is 2. The Labute approximate surface area is 216 Å². The van der Waals surface area contributed by atoms with Crippen LogP contribution in [0.25, 0.3) is 0 Å². The SMILES string of the molecule is COC(=O)C12C(C(C)(C)C)=C(C(C)(C)C)C1(C(C)(C)C)N(C(=O)c1ccccc1)C2c1ccccc1. The van der Waals surface area contributed by atoms with Gasteiger partial charge in [-0.25, -0.2) is 0 Å². The van der Waals surface area contributed by atoms with E-state index >= 15 is 0 Å². The Hall–Kier alpha value is -2.88. The summed E-state index contributed by atoms with van der Waals surface area (Å²) in [7, 11) is 1.48. The standard InChI is InChI=1S/C32H41NO3/c1-28(2,3)23-24(29(4,5)6)32(30(7,8)9)31(23,27(35)36-10)25(21-17-13-11-14-18-21)33(32)26(34)22-19-15-12-16-20-22/h11-20,25H,1-10H3.